The molecule has 3 amide bonds. The van der Waals surface area contributed by atoms with E-state index in [-0.39, 0.29) is 29.7 Å². The van der Waals surface area contributed by atoms with Crippen molar-refractivity contribution in [2.24, 2.45) is 5.92 Å². The van der Waals surface area contributed by atoms with Crippen molar-refractivity contribution in [3.63, 3.8) is 0 Å². The van der Waals surface area contributed by atoms with Crippen LogP contribution in [-0.2, 0) is 9.59 Å². The van der Waals surface area contributed by atoms with Crippen LogP contribution in [0.25, 0.3) is 0 Å². The van der Waals surface area contributed by atoms with E-state index in [0.717, 1.165) is 6.42 Å². The number of carbonyl (C=O) groups excluding carboxylic acids is 3. The SMILES string of the molecule is CCC(=O)N1CCC(C(NC(=O)c2ccccc2)C(=O)NC(C)CC)CC1. The van der Waals surface area contributed by atoms with Gasteiger partial charge in [-0.2, -0.15) is 0 Å². The number of rotatable bonds is 7. The van der Waals surface area contributed by atoms with Crippen LogP contribution in [0, 0.1) is 5.92 Å². The molecule has 0 bridgehead atoms. The van der Waals surface area contributed by atoms with Crippen molar-refractivity contribution >= 4 is 17.7 Å². The second-order valence-electron chi connectivity index (χ2n) is 7.21. The Balaban J connectivity index is 2.09. The summed E-state index contributed by atoms with van der Waals surface area (Å²) in [5.74, 6) is -0.231. The van der Waals surface area contributed by atoms with Gasteiger partial charge in [0.15, 0.2) is 0 Å². The van der Waals surface area contributed by atoms with E-state index in [4.69, 9.17) is 0 Å². The van der Waals surface area contributed by atoms with Gasteiger partial charge in [0, 0.05) is 31.1 Å². The fraction of sp³-hybridized carbons (Fsp3) is 0.571. The number of benzene rings is 1. The lowest BCUT2D eigenvalue weighted by Crippen LogP contribution is -2.55. The molecule has 2 unspecified atom stereocenters. The molecule has 148 valence electrons. The van der Waals surface area contributed by atoms with Gasteiger partial charge < -0.3 is 15.5 Å². The van der Waals surface area contributed by atoms with Crippen LogP contribution in [0.5, 0.6) is 0 Å². The van der Waals surface area contributed by atoms with Gasteiger partial charge in [-0.05, 0) is 44.2 Å². The van der Waals surface area contributed by atoms with Gasteiger partial charge >= 0.3 is 0 Å². The van der Waals surface area contributed by atoms with Crippen molar-refractivity contribution in [1.29, 1.82) is 0 Å². The van der Waals surface area contributed by atoms with Crippen molar-refractivity contribution in [3.05, 3.63) is 35.9 Å². The molecule has 1 aromatic rings. The number of carbonyl (C=O) groups is 3. The summed E-state index contributed by atoms with van der Waals surface area (Å²) in [5, 5.41) is 5.93. The predicted octanol–water partition coefficient (Wildman–Crippen LogP) is 2.35. The third-order valence-corrected chi connectivity index (χ3v) is 5.27. The van der Waals surface area contributed by atoms with Gasteiger partial charge in [0.25, 0.3) is 5.91 Å². The average molecular weight is 373 g/mol. The van der Waals surface area contributed by atoms with Gasteiger partial charge in [-0.25, -0.2) is 0 Å². The minimum atomic E-state index is -0.592. The first-order chi connectivity index (χ1) is 13.0. The molecule has 1 fully saturated rings. The van der Waals surface area contributed by atoms with Crippen LogP contribution in [0.4, 0.5) is 0 Å². The molecule has 2 rings (SSSR count). The van der Waals surface area contributed by atoms with E-state index in [1.54, 1.807) is 24.3 Å². The molecule has 1 aliphatic rings. The first kappa shape index (κ1) is 20.9. The zero-order valence-electron chi connectivity index (χ0n) is 16.5. The molecule has 6 nitrogen and oxygen atoms in total. The summed E-state index contributed by atoms with van der Waals surface area (Å²) >= 11 is 0. The minimum Gasteiger partial charge on any atom is -0.352 e. The Morgan fingerprint density at radius 1 is 1.07 bits per heavy atom. The van der Waals surface area contributed by atoms with Crippen LogP contribution in [0.2, 0.25) is 0 Å². The quantitative estimate of drug-likeness (QED) is 0.770. The number of nitrogens with one attached hydrogen (secondary N) is 2. The van der Waals surface area contributed by atoms with Crippen LogP contribution >= 0.6 is 0 Å². The summed E-state index contributed by atoms with van der Waals surface area (Å²) in [6.07, 6.45) is 2.74. The van der Waals surface area contributed by atoms with Crippen LogP contribution in [0.15, 0.2) is 30.3 Å². The smallest absolute Gasteiger partial charge is 0.251 e. The fourth-order valence-electron chi connectivity index (χ4n) is 3.35. The van der Waals surface area contributed by atoms with Crippen molar-refractivity contribution in [2.75, 3.05) is 13.1 Å². The van der Waals surface area contributed by atoms with E-state index in [2.05, 4.69) is 10.6 Å². The Morgan fingerprint density at radius 2 is 1.70 bits per heavy atom. The second-order valence-corrected chi connectivity index (χ2v) is 7.21. The fourth-order valence-corrected chi connectivity index (χ4v) is 3.35. The van der Waals surface area contributed by atoms with E-state index >= 15 is 0 Å². The molecular formula is C21H31N3O3. The molecule has 27 heavy (non-hydrogen) atoms. The number of nitrogens with zero attached hydrogens (tertiary/aromatic N) is 1. The molecule has 2 N–H and O–H groups in total. The molecule has 1 heterocycles. The molecule has 1 aliphatic heterocycles. The summed E-state index contributed by atoms with van der Waals surface area (Å²) in [4.78, 5) is 39.2. The van der Waals surface area contributed by atoms with Gasteiger partial charge in [0.2, 0.25) is 11.8 Å². The first-order valence-electron chi connectivity index (χ1n) is 9.90. The number of hydrogen-bond acceptors (Lipinski definition) is 3. The van der Waals surface area contributed by atoms with Crippen molar-refractivity contribution in [3.8, 4) is 0 Å². The highest BCUT2D eigenvalue weighted by Crippen LogP contribution is 2.22. The van der Waals surface area contributed by atoms with Crippen molar-refractivity contribution in [2.45, 2.75) is 58.5 Å². The molecule has 0 aromatic heterocycles. The highest BCUT2D eigenvalue weighted by atomic mass is 16.2. The third kappa shape index (κ3) is 5.81. The van der Waals surface area contributed by atoms with Crippen LogP contribution in [0.1, 0.15) is 56.8 Å². The maximum atomic E-state index is 12.8. The maximum absolute atomic E-state index is 12.8. The lowest BCUT2D eigenvalue weighted by Gasteiger charge is -2.36. The van der Waals surface area contributed by atoms with E-state index in [0.29, 0.717) is 37.9 Å². The minimum absolute atomic E-state index is 0.0163. The number of likely N-dealkylation sites (tertiary alicyclic amines) is 1. The molecule has 0 radical (unpaired) electrons. The van der Waals surface area contributed by atoms with Gasteiger partial charge in [0.1, 0.15) is 6.04 Å². The maximum Gasteiger partial charge on any atom is 0.251 e. The largest absolute Gasteiger partial charge is 0.352 e. The first-order valence-corrected chi connectivity index (χ1v) is 9.90. The highest BCUT2D eigenvalue weighted by molar-refractivity contribution is 5.97. The summed E-state index contributed by atoms with van der Waals surface area (Å²) in [5.41, 5.74) is 0.539. The average Bonchev–Trinajstić information content (AvgIpc) is 2.71. The molecule has 0 aliphatic carbocycles. The number of amides is 3. The van der Waals surface area contributed by atoms with Gasteiger partial charge in [-0.15, -0.1) is 0 Å². The lowest BCUT2D eigenvalue weighted by molar-refractivity contribution is -0.132. The van der Waals surface area contributed by atoms with Crippen molar-refractivity contribution in [1.82, 2.24) is 15.5 Å². The van der Waals surface area contributed by atoms with E-state index < -0.39 is 6.04 Å². The Hall–Kier alpha value is -2.37. The normalized spacial score (nSPS) is 17.1. The summed E-state index contributed by atoms with van der Waals surface area (Å²) in [6, 6.07) is 8.39. The highest BCUT2D eigenvalue weighted by Gasteiger charge is 2.34. The summed E-state index contributed by atoms with van der Waals surface area (Å²) in [7, 11) is 0. The number of hydrogen-bond donors (Lipinski definition) is 2. The lowest BCUT2D eigenvalue weighted by atomic mass is 9.88. The van der Waals surface area contributed by atoms with Crippen molar-refractivity contribution < 1.29 is 14.4 Å². The Labute approximate surface area is 161 Å². The van der Waals surface area contributed by atoms with E-state index in [9.17, 15) is 14.4 Å². The van der Waals surface area contributed by atoms with Crippen LogP contribution in [-0.4, -0.2) is 47.8 Å². The Bertz CT molecular complexity index is 639. The third-order valence-electron chi connectivity index (χ3n) is 5.27. The monoisotopic (exact) mass is 373 g/mol. The molecule has 1 saturated heterocycles. The zero-order valence-corrected chi connectivity index (χ0v) is 16.5. The molecule has 0 spiro atoms. The molecule has 6 heteroatoms. The van der Waals surface area contributed by atoms with E-state index in [1.807, 2.05) is 31.7 Å². The van der Waals surface area contributed by atoms with Gasteiger partial charge in [0.05, 0.1) is 0 Å². The Morgan fingerprint density at radius 3 is 2.26 bits per heavy atom. The summed E-state index contributed by atoms with van der Waals surface area (Å²) < 4.78 is 0. The molecule has 0 saturated carbocycles. The van der Waals surface area contributed by atoms with Crippen LogP contribution in [0.3, 0.4) is 0 Å². The molecule has 1 aromatic carbocycles. The summed E-state index contributed by atoms with van der Waals surface area (Å²) in [6.45, 7) is 7.09. The van der Waals surface area contributed by atoms with Gasteiger partial charge in [-0.3, -0.25) is 14.4 Å². The Kier molecular flexibility index (Phi) is 7.82. The molecule has 2 atom stereocenters. The second kappa shape index (κ2) is 10.1. The van der Waals surface area contributed by atoms with E-state index in [1.165, 1.54) is 0 Å². The standard InChI is InChI=1S/C21H31N3O3/c1-4-15(3)22-21(27)19(23-20(26)17-9-7-6-8-10-17)16-11-13-24(14-12-16)18(25)5-2/h6-10,15-16,19H,4-5,11-14H2,1-3H3,(H,22,27)(H,23,26). The topological polar surface area (TPSA) is 78.5 Å². The number of piperidine rings is 1. The van der Waals surface area contributed by atoms with Gasteiger partial charge in [-0.1, -0.05) is 32.0 Å². The zero-order chi connectivity index (χ0) is 19.8. The van der Waals surface area contributed by atoms with Crippen LogP contribution < -0.4 is 10.6 Å². The predicted molar refractivity (Wildman–Crippen MR) is 105 cm³/mol. The molecular weight excluding hydrogens is 342 g/mol.